The maximum atomic E-state index is 8.58. The van der Waals surface area contributed by atoms with Crippen molar-refractivity contribution in [2.75, 3.05) is 30.3 Å². The Labute approximate surface area is 160 Å². The Hall–Kier alpha value is -1.99. The fraction of sp³-hybridized carbons (Fsp3) is 0.526. The highest BCUT2D eigenvalue weighted by Gasteiger charge is 2.19. The summed E-state index contributed by atoms with van der Waals surface area (Å²) in [6.07, 6.45) is 2.35. The minimum atomic E-state index is 0.250. The molecule has 1 amide bonds. The summed E-state index contributed by atoms with van der Waals surface area (Å²) in [6.45, 7) is 10.7. The number of nitrogens with two attached hydrogens (primary N) is 3. The van der Waals surface area contributed by atoms with Crippen LogP contribution in [0.3, 0.4) is 0 Å². The van der Waals surface area contributed by atoms with E-state index in [1.54, 1.807) is 11.3 Å². The molecule has 7 heteroatoms. The number of benzene rings is 1. The first-order valence-electron chi connectivity index (χ1n) is 9.13. The van der Waals surface area contributed by atoms with Crippen molar-refractivity contribution >= 4 is 39.2 Å². The van der Waals surface area contributed by atoms with Crippen molar-refractivity contribution in [1.29, 1.82) is 0 Å². The second kappa shape index (κ2) is 10.9. The van der Waals surface area contributed by atoms with Crippen molar-refractivity contribution in [3.63, 3.8) is 0 Å². The van der Waals surface area contributed by atoms with Crippen LogP contribution in [0, 0.1) is 6.92 Å². The molecule has 6 N–H and O–H groups in total. The SMILES string of the molecule is CC.CCOc1cc(N2CCC(N)CC2)cc2sc(C)c(N)c12.NC=O. The maximum absolute atomic E-state index is 8.58. The third-order valence-electron chi connectivity index (χ3n) is 4.17. The zero-order chi connectivity index (χ0) is 19.7. The zero-order valence-corrected chi connectivity index (χ0v) is 17.1. The van der Waals surface area contributed by atoms with Gasteiger partial charge in [0.25, 0.3) is 0 Å². The standard InChI is InChI=1S/C16H23N3OS.C2H6.CH3NO/c1-3-20-13-8-12(19-6-4-11(17)5-7-19)9-14-15(13)16(18)10(2)21-14;1-2;2-1-3/h8-9,11H,3-7,17-18H2,1-2H3;1-2H3;1H,(H2,2,3). The van der Waals surface area contributed by atoms with Gasteiger partial charge in [0, 0.05) is 40.5 Å². The fourth-order valence-electron chi connectivity index (χ4n) is 2.93. The number of rotatable bonds is 3. The van der Waals surface area contributed by atoms with E-state index in [4.69, 9.17) is 21.0 Å². The molecule has 6 nitrogen and oxygen atoms in total. The first-order valence-corrected chi connectivity index (χ1v) is 9.94. The summed E-state index contributed by atoms with van der Waals surface area (Å²) >= 11 is 1.74. The number of hydrogen-bond donors (Lipinski definition) is 3. The molecule has 1 aliphatic heterocycles. The zero-order valence-electron chi connectivity index (χ0n) is 16.2. The second-order valence-corrected chi connectivity index (χ2v) is 7.04. The van der Waals surface area contributed by atoms with Gasteiger partial charge in [0.1, 0.15) is 5.75 Å². The molecule has 0 atom stereocenters. The fourth-order valence-corrected chi connectivity index (χ4v) is 3.96. The van der Waals surface area contributed by atoms with E-state index in [0.29, 0.717) is 12.6 Å². The minimum absolute atomic E-state index is 0.250. The molecule has 1 fully saturated rings. The van der Waals surface area contributed by atoms with E-state index in [2.05, 4.69) is 29.7 Å². The Kier molecular flexibility index (Phi) is 9.23. The molecule has 0 saturated carbocycles. The Morgan fingerprint density at radius 2 is 1.88 bits per heavy atom. The van der Waals surface area contributed by atoms with Gasteiger partial charge in [-0.25, -0.2) is 0 Å². The molecule has 2 heterocycles. The number of piperidine rings is 1. The van der Waals surface area contributed by atoms with E-state index >= 15 is 0 Å². The number of nitrogen functional groups attached to an aromatic ring is 1. The highest BCUT2D eigenvalue weighted by atomic mass is 32.1. The number of anilines is 2. The van der Waals surface area contributed by atoms with Crippen LogP contribution in [-0.2, 0) is 4.79 Å². The van der Waals surface area contributed by atoms with Gasteiger partial charge in [-0.05, 0) is 32.8 Å². The van der Waals surface area contributed by atoms with Gasteiger partial charge in [-0.1, -0.05) is 13.8 Å². The van der Waals surface area contributed by atoms with Crippen LogP contribution in [0.2, 0.25) is 0 Å². The van der Waals surface area contributed by atoms with Gasteiger partial charge in [0.05, 0.1) is 17.7 Å². The number of aryl methyl sites for hydroxylation is 1. The van der Waals surface area contributed by atoms with Crippen molar-refractivity contribution in [3.05, 3.63) is 17.0 Å². The molecule has 1 aromatic heterocycles. The maximum Gasteiger partial charge on any atom is 0.204 e. The number of fused-ring (bicyclic) bond motifs is 1. The van der Waals surface area contributed by atoms with Gasteiger partial charge in [0.15, 0.2) is 0 Å². The second-order valence-electron chi connectivity index (χ2n) is 5.78. The molecule has 0 spiro atoms. The lowest BCUT2D eigenvalue weighted by molar-refractivity contribution is -0.106. The number of primary amides is 1. The average molecular weight is 381 g/mol. The van der Waals surface area contributed by atoms with Crippen LogP contribution in [0.4, 0.5) is 11.4 Å². The lowest BCUT2D eigenvalue weighted by atomic mass is 10.0. The van der Waals surface area contributed by atoms with Crippen molar-refractivity contribution in [1.82, 2.24) is 0 Å². The largest absolute Gasteiger partial charge is 0.493 e. The quantitative estimate of drug-likeness (QED) is 0.709. The van der Waals surface area contributed by atoms with Crippen LogP contribution in [0.25, 0.3) is 10.1 Å². The van der Waals surface area contributed by atoms with E-state index < -0.39 is 0 Å². The molecule has 1 aromatic carbocycles. The van der Waals surface area contributed by atoms with Crippen LogP contribution >= 0.6 is 11.3 Å². The third kappa shape index (κ3) is 5.25. The normalized spacial score (nSPS) is 14.1. The van der Waals surface area contributed by atoms with Gasteiger partial charge in [-0.15, -0.1) is 11.3 Å². The predicted molar refractivity (Wildman–Crippen MR) is 113 cm³/mol. The number of nitrogens with zero attached hydrogens (tertiary/aromatic N) is 1. The Balaban J connectivity index is 0.000000615. The Morgan fingerprint density at radius 1 is 1.31 bits per heavy atom. The lowest BCUT2D eigenvalue weighted by Gasteiger charge is -2.32. The summed E-state index contributed by atoms with van der Waals surface area (Å²) in [4.78, 5) is 12.1. The highest BCUT2D eigenvalue weighted by molar-refractivity contribution is 7.19. The number of carbonyl (C=O) groups is 1. The average Bonchev–Trinajstić information content (AvgIpc) is 2.92. The molecule has 2 aromatic rings. The summed E-state index contributed by atoms with van der Waals surface area (Å²) in [5.41, 5.74) is 18.5. The van der Waals surface area contributed by atoms with E-state index in [9.17, 15) is 0 Å². The molecular formula is C19H32N4O2S. The third-order valence-corrected chi connectivity index (χ3v) is 5.24. The van der Waals surface area contributed by atoms with Crippen LogP contribution in [0.5, 0.6) is 5.75 Å². The van der Waals surface area contributed by atoms with Crippen molar-refractivity contribution in [2.24, 2.45) is 11.5 Å². The van der Waals surface area contributed by atoms with E-state index in [-0.39, 0.29) is 6.41 Å². The van der Waals surface area contributed by atoms with Crippen LogP contribution in [-0.4, -0.2) is 32.1 Å². The van der Waals surface area contributed by atoms with Crippen molar-refractivity contribution in [3.8, 4) is 5.75 Å². The van der Waals surface area contributed by atoms with Gasteiger partial charge in [-0.3, -0.25) is 4.79 Å². The molecule has 3 rings (SSSR count). The summed E-state index contributed by atoms with van der Waals surface area (Å²) in [5, 5.41) is 1.07. The minimum Gasteiger partial charge on any atom is -0.493 e. The summed E-state index contributed by atoms with van der Waals surface area (Å²) in [6, 6.07) is 4.71. The van der Waals surface area contributed by atoms with Crippen molar-refractivity contribution < 1.29 is 9.53 Å². The van der Waals surface area contributed by atoms with Crippen LogP contribution in [0.1, 0.15) is 38.5 Å². The molecule has 0 radical (unpaired) electrons. The van der Waals surface area contributed by atoms with E-state index in [1.165, 1.54) is 10.4 Å². The van der Waals surface area contributed by atoms with Gasteiger partial charge in [-0.2, -0.15) is 0 Å². The summed E-state index contributed by atoms with van der Waals surface area (Å²) in [5.74, 6) is 0.904. The topological polar surface area (TPSA) is 108 Å². The molecule has 0 aliphatic carbocycles. The monoisotopic (exact) mass is 380 g/mol. The van der Waals surface area contributed by atoms with Gasteiger partial charge < -0.3 is 26.8 Å². The summed E-state index contributed by atoms with van der Waals surface area (Å²) < 4.78 is 7.05. The highest BCUT2D eigenvalue weighted by Crippen LogP contribution is 2.42. The predicted octanol–water partition coefficient (Wildman–Crippen LogP) is 3.25. The molecule has 26 heavy (non-hydrogen) atoms. The molecule has 146 valence electrons. The molecular weight excluding hydrogens is 348 g/mol. The number of amides is 1. The van der Waals surface area contributed by atoms with E-state index in [0.717, 1.165) is 47.6 Å². The molecule has 0 bridgehead atoms. The lowest BCUT2D eigenvalue weighted by Crippen LogP contribution is -2.39. The summed E-state index contributed by atoms with van der Waals surface area (Å²) in [7, 11) is 0. The molecule has 1 saturated heterocycles. The van der Waals surface area contributed by atoms with Gasteiger partial charge >= 0.3 is 0 Å². The number of hydrogen-bond acceptors (Lipinski definition) is 6. The smallest absolute Gasteiger partial charge is 0.204 e. The van der Waals surface area contributed by atoms with Crippen LogP contribution in [0.15, 0.2) is 12.1 Å². The van der Waals surface area contributed by atoms with Crippen molar-refractivity contribution in [2.45, 2.75) is 46.6 Å². The first kappa shape index (κ1) is 22.1. The Morgan fingerprint density at radius 3 is 2.42 bits per heavy atom. The Bertz CT molecular complexity index is 694. The van der Waals surface area contributed by atoms with Crippen LogP contribution < -0.4 is 26.8 Å². The molecule has 1 aliphatic rings. The first-order chi connectivity index (χ1) is 12.5. The number of thiophene rings is 1. The number of carbonyl (C=O) groups excluding carboxylic acids is 1. The van der Waals surface area contributed by atoms with Gasteiger partial charge in [0.2, 0.25) is 6.41 Å². The molecule has 0 unspecified atom stereocenters. The van der Waals surface area contributed by atoms with E-state index in [1.807, 2.05) is 20.8 Å². The number of ether oxygens (including phenoxy) is 1.